The zero-order valence-electron chi connectivity index (χ0n) is 19.7. The van der Waals surface area contributed by atoms with Crippen LogP contribution in [0.25, 0.3) is 0 Å². The first-order valence-electron chi connectivity index (χ1n) is 10.3. The van der Waals surface area contributed by atoms with E-state index in [4.69, 9.17) is 13.9 Å². The molecule has 0 amide bonds. The van der Waals surface area contributed by atoms with Gasteiger partial charge in [0, 0.05) is 0 Å². The molecule has 0 radical (unpaired) electrons. The summed E-state index contributed by atoms with van der Waals surface area (Å²) in [6, 6.07) is 9.07. The Balaban J connectivity index is 3.52. The first-order chi connectivity index (χ1) is 13.6. The molecule has 0 N–H and O–H groups in total. The lowest BCUT2D eigenvalue weighted by Gasteiger charge is -2.41. The number of hydrogen-bond donors (Lipinski definition) is 0. The van der Waals surface area contributed by atoms with Crippen molar-refractivity contribution in [2.45, 2.75) is 78.8 Å². The predicted molar refractivity (Wildman–Crippen MR) is 118 cm³/mol. The van der Waals surface area contributed by atoms with Crippen LogP contribution in [-0.2, 0) is 28.3 Å². The second kappa shape index (κ2) is 9.88. The fraction of sp³-hybridized carbons (Fsp3) is 0.609. The molecule has 2 atom stereocenters. The van der Waals surface area contributed by atoms with Crippen molar-refractivity contribution in [2.24, 2.45) is 5.41 Å². The minimum atomic E-state index is -2.41. The third-order valence-corrected chi connectivity index (χ3v) is 9.67. The molecule has 0 aromatic heterocycles. The van der Waals surface area contributed by atoms with E-state index >= 15 is 0 Å². The molecule has 0 fully saturated rings. The van der Waals surface area contributed by atoms with Crippen LogP contribution in [0.2, 0.25) is 18.1 Å². The monoisotopic (exact) mass is 436 g/mol. The maximum absolute atomic E-state index is 13.0. The van der Waals surface area contributed by atoms with Crippen LogP contribution in [0.1, 0.15) is 60.1 Å². The van der Waals surface area contributed by atoms with E-state index in [9.17, 15) is 14.4 Å². The second-order valence-corrected chi connectivity index (χ2v) is 14.6. The number of Topliss-reactive ketones (excluding diaryl/α,β-unsaturated/α-hetero) is 1. The Morgan fingerprint density at radius 3 is 1.93 bits per heavy atom. The van der Waals surface area contributed by atoms with Crippen LogP contribution in [-0.4, -0.2) is 38.8 Å². The van der Waals surface area contributed by atoms with Crippen molar-refractivity contribution < 1.29 is 28.3 Å². The van der Waals surface area contributed by atoms with Gasteiger partial charge in [-0.25, -0.2) is 4.79 Å². The molecule has 0 aliphatic rings. The Morgan fingerprint density at radius 1 is 0.967 bits per heavy atom. The summed E-state index contributed by atoms with van der Waals surface area (Å²) >= 11 is 0. The van der Waals surface area contributed by atoms with Crippen molar-refractivity contribution in [1.82, 2.24) is 0 Å². The van der Waals surface area contributed by atoms with Crippen molar-refractivity contribution in [2.75, 3.05) is 6.61 Å². The third-order valence-electron chi connectivity index (χ3n) is 5.21. The summed E-state index contributed by atoms with van der Waals surface area (Å²) in [7, 11) is -2.41. The maximum atomic E-state index is 13.0. The van der Waals surface area contributed by atoms with Crippen LogP contribution in [0.15, 0.2) is 30.3 Å². The molecule has 30 heavy (non-hydrogen) atoms. The van der Waals surface area contributed by atoms with E-state index in [1.54, 1.807) is 39.8 Å². The van der Waals surface area contributed by atoms with Crippen LogP contribution < -0.4 is 0 Å². The van der Waals surface area contributed by atoms with E-state index in [0.29, 0.717) is 5.56 Å². The molecule has 1 aromatic rings. The van der Waals surface area contributed by atoms with Crippen molar-refractivity contribution in [3.63, 3.8) is 0 Å². The average molecular weight is 437 g/mol. The zero-order valence-corrected chi connectivity index (χ0v) is 20.7. The molecule has 6 nitrogen and oxygen atoms in total. The SMILES string of the molecule is CCOC(=O)C(=O)C(OC(=O)C(C)(C)C)[C@H](O[Si](C)(C)C(C)(C)C)c1ccccc1. The van der Waals surface area contributed by atoms with Crippen LogP contribution in [0.4, 0.5) is 0 Å². The number of ketones is 1. The summed E-state index contributed by atoms with van der Waals surface area (Å²) in [6.45, 7) is 17.0. The van der Waals surface area contributed by atoms with Gasteiger partial charge >= 0.3 is 11.9 Å². The first-order valence-corrected chi connectivity index (χ1v) is 13.2. The van der Waals surface area contributed by atoms with E-state index in [2.05, 4.69) is 20.8 Å². The van der Waals surface area contributed by atoms with Gasteiger partial charge in [-0.3, -0.25) is 9.59 Å². The fourth-order valence-corrected chi connectivity index (χ4v) is 3.55. The van der Waals surface area contributed by atoms with Crippen molar-refractivity contribution in [1.29, 1.82) is 0 Å². The summed E-state index contributed by atoms with van der Waals surface area (Å²) in [5, 5.41) is -0.161. The van der Waals surface area contributed by atoms with Gasteiger partial charge in [-0.1, -0.05) is 51.1 Å². The Morgan fingerprint density at radius 2 is 1.50 bits per heavy atom. The number of carbonyl (C=O) groups excluding carboxylic acids is 3. The quantitative estimate of drug-likeness (QED) is 0.330. The van der Waals surface area contributed by atoms with Crippen LogP contribution in [0.3, 0.4) is 0 Å². The van der Waals surface area contributed by atoms with Gasteiger partial charge in [0.2, 0.25) is 6.10 Å². The van der Waals surface area contributed by atoms with Crippen molar-refractivity contribution in [3.8, 4) is 0 Å². The van der Waals surface area contributed by atoms with E-state index in [0.717, 1.165) is 0 Å². The number of esters is 2. The molecular formula is C23H36O6Si. The highest BCUT2D eigenvalue weighted by molar-refractivity contribution is 6.74. The third kappa shape index (κ3) is 6.77. The van der Waals surface area contributed by atoms with Crippen LogP contribution >= 0.6 is 0 Å². The Kier molecular flexibility index (Phi) is 8.57. The van der Waals surface area contributed by atoms with Crippen molar-refractivity contribution in [3.05, 3.63) is 35.9 Å². The molecule has 1 aromatic carbocycles. The number of benzene rings is 1. The van der Waals surface area contributed by atoms with E-state index in [-0.39, 0.29) is 11.6 Å². The highest BCUT2D eigenvalue weighted by atomic mass is 28.4. The predicted octanol–water partition coefficient (Wildman–Crippen LogP) is 4.84. The molecule has 0 aliphatic carbocycles. The van der Waals surface area contributed by atoms with Gasteiger partial charge in [0.1, 0.15) is 6.10 Å². The minimum absolute atomic E-state index is 0.0452. The molecule has 7 heteroatoms. The average Bonchev–Trinajstić information content (AvgIpc) is 2.63. The normalized spacial score (nSPS) is 14.6. The van der Waals surface area contributed by atoms with Gasteiger partial charge in [0.05, 0.1) is 12.0 Å². The number of ether oxygens (including phenoxy) is 2. The molecule has 0 spiro atoms. The Hall–Kier alpha value is -1.99. The highest BCUT2D eigenvalue weighted by Crippen LogP contribution is 2.41. The molecule has 0 saturated carbocycles. The van der Waals surface area contributed by atoms with E-state index < -0.39 is 43.7 Å². The smallest absolute Gasteiger partial charge is 0.378 e. The summed E-state index contributed by atoms with van der Waals surface area (Å²) in [4.78, 5) is 38.0. The molecular weight excluding hydrogens is 400 g/mol. The largest absolute Gasteiger partial charge is 0.460 e. The van der Waals surface area contributed by atoms with Crippen LogP contribution in [0.5, 0.6) is 0 Å². The Labute approximate surface area is 181 Å². The number of rotatable bonds is 8. The molecule has 0 heterocycles. The van der Waals surface area contributed by atoms with Gasteiger partial charge in [0.15, 0.2) is 8.32 Å². The lowest BCUT2D eigenvalue weighted by molar-refractivity contribution is -0.174. The van der Waals surface area contributed by atoms with Crippen molar-refractivity contribution >= 4 is 26.0 Å². The standard InChI is InChI=1S/C23H36O6Si/c1-10-27-20(25)17(24)19(28-21(26)22(2,3)4)18(16-14-12-11-13-15-16)29-30(8,9)23(5,6)7/h11-15,18-19H,10H2,1-9H3/t18-,19?/m1/s1. The first kappa shape index (κ1) is 26.0. The molecule has 0 aliphatic heterocycles. The molecule has 168 valence electrons. The summed E-state index contributed by atoms with van der Waals surface area (Å²) in [5.41, 5.74) is -0.197. The molecule has 0 saturated heterocycles. The summed E-state index contributed by atoms with van der Waals surface area (Å²) in [6.07, 6.45) is -2.36. The number of carbonyl (C=O) groups is 3. The van der Waals surface area contributed by atoms with Crippen LogP contribution in [0, 0.1) is 5.41 Å². The van der Waals surface area contributed by atoms with Gasteiger partial charge in [-0.05, 0) is 51.4 Å². The van der Waals surface area contributed by atoms with E-state index in [1.165, 1.54) is 0 Å². The van der Waals surface area contributed by atoms with Gasteiger partial charge in [0.25, 0.3) is 5.78 Å². The molecule has 1 rings (SSSR count). The zero-order chi connectivity index (χ0) is 23.3. The van der Waals surface area contributed by atoms with Gasteiger partial charge in [-0.15, -0.1) is 0 Å². The topological polar surface area (TPSA) is 78.9 Å². The Bertz CT molecular complexity index is 743. The number of hydrogen-bond acceptors (Lipinski definition) is 6. The maximum Gasteiger partial charge on any atom is 0.378 e. The van der Waals surface area contributed by atoms with Gasteiger partial charge in [-0.2, -0.15) is 0 Å². The fourth-order valence-electron chi connectivity index (χ4n) is 2.30. The van der Waals surface area contributed by atoms with Gasteiger partial charge < -0.3 is 13.9 Å². The summed E-state index contributed by atoms with van der Waals surface area (Å²) in [5.74, 6) is -2.56. The lowest BCUT2D eigenvalue weighted by Crippen LogP contribution is -2.48. The lowest BCUT2D eigenvalue weighted by atomic mass is 9.96. The molecule has 1 unspecified atom stereocenters. The molecule has 0 bridgehead atoms. The minimum Gasteiger partial charge on any atom is -0.460 e. The van der Waals surface area contributed by atoms with E-state index in [1.807, 2.05) is 31.3 Å². The highest BCUT2D eigenvalue weighted by Gasteiger charge is 2.46. The summed E-state index contributed by atoms with van der Waals surface area (Å²) < 4.78 is 17.1. The second-order valence-electron chi connectivity index (χ2n) is 9.87.